The van der Waals surface area contributed by atoms with Gasteiger partial charge in [0.25, 0.3) is 0 Å². The van der Waals surface area contributed by atoms with Crippen LogP contribution < -0.4 is 5.32 Å². The van der Waals surface area contributed by atoms with Crippen molar-refractivity contribution in [1.82, 2.24) is 15.3 Å². The molecule has 1 atom stereocenters. The first-order chi connectivity index (χ1) is 8.25. The minimum Gasteiger partial charge on any atom is -0.506 e. The van der Waals surface area contributed by atoms with Crippen molar-refractivity contribution in [3.63, 3.8) is 0 Å². The maximum atomic E-state index is 9.12. The van der Waals surface area contributed by atoms with Crippen molar-refractivity contribution >= 4 is 0 Å². The SMILES string of the molecule is C[C@@H](NCc1ccc(O)cn1)c1ccccn1. The van der Waals surface area contributed by atoms with Crippen molar-refractivity contribution in [1.29, 1.82) is 0 Å². The zero-order valence-electron chi connectivity index (χ0n) is 9.67. The van der Waals surface area contributed by atoms with Gasteiger partial charge in [0.15, 0.2) is 0 Å². The molecule has 0 radical (unpaired) electrons. The van der Waals surface area contributed by atoms with Crippen molar-refractivity contribution in [2.45, 2.75) is 19.5 Å². The van der Waals surface area contributed by atoms with E-state index in [4.69, 9.17) is 5.11 Å². The Labute approximate surface area is 100 Å². The normalized spacial score (nSPS) is 12.3. The summed E-state index contributed by atoms with van der Waals surface area (Å²) in [5.74, 6) is 0.187. The van der Waals surface area contributed by atoms with Gasteiger partial charge in [-0.3, -0.25) is 9.97 Å². The lowest BCUT2D eigenvalue weighted by atomic mass is 10.2. The Kier molecular flexibility index (Phi) is 3.67. The predicted octanol–water partition coefficient (Wildman–Crippen LogP) is 2.03. The molecule has 0 aliphatic rings. The van der Waals surface area contributed by atoms with E-state index >= 15 is 0 Å². The van der Waals surface area contributed by atoms with Crippen LogP contribution in [0.5, 0.6) is 5.75 Å². The molecule has 0 aromatic carbocycles. The zero-order chi connectivity index (χ0) is 12.1. The van der Waals surface area contributed by atoms with Crippen LogP contribution in [-0.2, 0) is 6.54 Å². The van der Waals surface area contributed by atoms with Crippen LogP contribution in [0.4, 0.5) is 0 Å². The predicted molar refractivity (Wildman–Crippen MR) is 65.4 cm³/mol. The van der Waals surface area contributed by atoms with Gasteiger partial charge in [-0.15, -0.1) is 0 Å². The molecule has 2 rings (SSSR count). The van der Waals surface area contributed by atoms with Gasteiger partial charge in [-0.2, -0.15) is 0 Å². The van der Waals surface area contributed by atoms with Crippen molar-refractivity contribution in [3.05, 3.63) is 54.1 Å². The van der Waals surface area contributed by atoms with Gasteiger partial charge in [-0.1, -0.05) is 6.07 Å². The molecule has 0 amide bonds. The van der Waals surface area contributed by atoms with E-state index in [0.29, 0.717) is 6.54 Å². The Bertz CT molecular complexity index is 456. The quantitative estimate of drug-likeness (QED) is 0.842. The average Bonchev–Trinajstić information content (AvgIpc) is 2.39. The lowest BCUT2D eigenvalue weighted by Gasteiger charge is -2.12. The van der Waals surface area contributed by atoms with E-state index in [2.05, 4.69) is 22.2 Å². The molecule has 2 aromatic heterocycles. The highest BCUT2D eigenvalue weighted by Crippen LogP contribution is 2.10. The van der Waals surface area contributed by atoms with Crippen molar-refractivity contribution in [2.75, 3.05) is 0 Å². The molecular formula is C13H15N3O. The zero-order valence-corrected chi connectivity index (χ0v) is 9.67. The number of nitrogens with zero attached hydrogens (tertiary/aromatic N) is 2. The Morgan fingerprint density at radius 1 is 1.24 bits per heavy atom. The lowest BCUT2D eigenvalue weighted by molar-refractivity contribution is 0.471. The number of rotatable bonds is 4. The topological polar surface area (TPSA) is 58.0 Å². The van der Waals surface area contributed by atoms with Crippen molar-refractivity contribution < 1.29 is 5.11 Å². The Morgan fingerprint density at radius 3 is 2.76 bits per heavy atom. The number of nitrogens with one attached hydrogen (secondary N) is 1. The number of aromatic nitrogens is 2. The summed E-state index contributed by atoms with van der Waals surface area (Å²) in [4.78, 5) is 8.39. The van der Waals surface area contributed by atoms with Gasteiger partial charge >= 0.3 is 0 Å². The summed E-state index contributed by atoms with van der Waals surface area (Å²) in [6.45, 7) is 2.71. The molecule has 2 N–H and O–H groups in total. The lowest BCUT2D eigenvalue weighted by Crippen LogP contribution is -2.19. The molecule has 88 valence electrons. The highest BCUT2D eigenvalue weighted by atomic mass is 16.3. The fraction of sp³-hybridized carbons (Fsp3) is 0.231. The van der Waals surface area contributed by atoms with Crippen LogP contribution in [0.2, 0.25) is 0 Å². The fourth-order valence-electron chi connectivity index (χ4n) is 1.52. The first-order valence-corrected chi connectivity index (χ1v) is 5.54. The third-order valence-corrected chi connectivity index (χ3v) is 2.53. The molecule has 0 fully saturated rings. The maximum Gasteiger partial charge on any atom is 0.133 e. The molecule has 0 unspecified atom stereocenters. The minimum atomic E-state index is 0.173. The smallest absolute Gasteiger partial charge is 0.133 e. The third-order valence-electron chi connectivity index (χ3n) is 2.53. The first-order valence-electron chi connectivity index (χ1n) is 5.54. The van der Waals surface area contributed by atoms with Crippen molar-refractivity contribution in [3.8, 4) is 5.75 Å². The number of hydrogen-bond acceptors (Lipinski definition) is 4. The largest absolute Gasteiger partial charge is 0.506 e. The summed E-state index contributed by atoms with van der Waals surface area (Å²) in [6.07, 6.45) is 3.23. The van der Waals surface area contributed by atoms with Crippen LogP contribution in [0.1, 0.15) is 24.4 Å². The molecule has 4 nitrogen and oxygen atoms in total. The van der Waals surface area contributed by atoms with Crippen LogP contribution in [-0.4, -0.2) is 15.1 Å². The average molecular weight is 229 g/mol. The molecule has 0 aliphatic carbocycles. The molecule has 0 saturated heterocycles. The van der Waals surface area contributed by atoms with Gasteiger partial charge in [-0.25, -0.2) is 0 Å². The van der Waals surface area contributed by atoms with Crippen LogP contribution in [0.15, 0.2) is 42.7 Å². The van der Waals surface area contributed by atoms with E-state index in [0.717, 1.165) is 11.4 Å². The number of pyridine rings is 2. The summed E-state index contributed by atoms with van der Waals surface area (Å²) in [6, 6.07) is 9.47. The van der Waals surface area contributed by atoms with Crippen LogP contribution in [0, 0.1) is 0 Å². The Hall–Kier alpha value is -1.94. The van der Waals surface area contributed by atoms with E-state index < -0.39 is 0 Å². The third kappa shape index (κ3) is 3.26. The second kappa shape index (κ2) is 5.41. The highest BCUT2D eigenvalue weighted by molar-refractivity contribution is 5.18. The van der Waals surface area contributed by atoms with Gasteiger partial charge < -0.3 is 10.4 Å². The number of aromatic hydroxyl groups is 1. The van der Waals surface area contributed by atoms with E-state index in [1.165, 1.54) is 6.20 Å². The molecule has 0 aliphatic heterocycles. The molecule has 4 heteroatoms. The van der Waals surface area contributed by atoms with Gasteiger partial charge in [-0.05, 0) is 31.2 Å². The molecular weight excluding hydrogens is 214 g/mol. The summed E-state index contributed by atoms with van der Waals surface area (Å²) >= 11 is 0. The molecule has 0 saturated carbocycles. The van der Waals surface area contributed by atoms with Crippen LogP contribution >= 0.6 is 0 Å². The summed E-state index contributed by atoms with van der Waals surface area (Å²) < 4.78 is 0. The maximum absolute atomic E-state index is 9.12. The van der Waals surface area contributed by atoms with Crippen LogP contribution in [0.3, 0.4) is 0 Å². The molecule has 0 spiro atoms. The molecule has 2 heterocycles. The van der Waals surface area contributed by atoms with E-state index in [9.17, 15) is 0 Å². The van der Waals surface area contributed by atoms with E-state index in [1.807, 2.05) is 18.2 Å². The Morgan fingerprint density at radius 2 is 2.12 bits per heavy atom. The number of hydrogen-bond donors (Lipinski definition) is 2. The highest BCUT2D eigenvalue weighted by Gasteiger charge is 2.05. The van der Waals surface area contributed by atoms with Crippen molar-refractivity contribution in [2.24, 2.45) is 0 Å². The van der Waals surface area contributed by atoms with Gasteiger partial charge in [0.2, 0.25) is 0 Å². The summed E-state index contributed by atoms with van der Waals surface area (Å²) in [5, 5.41) is 12.4. The monoisotopic (exact) mass is 229 g/mol. The second-order valence-corrected chi connectivity index (χ2v) is 3.86. The summed E-state index contributed by atoms with van der Waals surface area (Å²) in [7, 11) is 0. The molecule has 17 heavy (non-hydrogen) atoms. The second-order valence-electron chi connectivity index (χ2n) is 3.86. The minimum absolute atomic E-state index is 0.173. The Balaban J connectivity index is 1.92. The van der Waals surface area contributed by atoms with E-state index in [1.54, 1.807) is 18.3 Å². The van der Waals surface area contributed by atoms with Crippen LogP contribution in [0.25, 0.3) is 0 Å². The standard InChI is InChI=1S/C13H15N3O/c1-10(13-4-2-3-7-14-13)15-8-11-5-6-12(17)9-16-11/h2-7,9-10,15,17H,8H2,1H3/t10-/m1/s1. The fourth-order valence-corrected chi connectivity index (χ4v) is 1.52. The summed E-state index contributed by atoms with van der Waals surface area (Å²) in [5.41, 5.74) is 1.90. The first kappa shape index (κ1) is 11.5. The molecule has 0 bridgehead atoms. The molecule has 2 aromatic rings. The van der Waals surface area contributed by atoms with Gasteiger partial charge in [0.1, 0.15) is 5.75 Å². The van der Waals surface area contributed by atoms with E-state index in [-0.39, 0.29) is 11.8 Å². The van der Waals surface area contributed by atoms with Gasteiger partial charge in [0, 0.05) is 18.8 Å². The van der Waals surface area contributed by atoms with Gasteiger partial charge in [0.05, 0.1) is 17.6 Å².